The Morgan fingerprint density at radius 1 is 1.04 bits per heavy atom. The highest BCUT2D eigenvalue weighted by Crippen LogP contribution is 2.49. The Balaban J connectivity index is 1.56. The van der Waals surface area contributed by atoms with Crippen molar-refractivity contribution in [3.63, 3.8) is 0 Å². The highest BCUT2D eigenvalue weighted by atomic mass is 35.5. The molecule has 1 aliphatic carbocycles. The second-order valence-electron chi connectivity index (χ2n) is 5.39. The van der Waals surface area contributed by atoms with Crippen molar-refractivity contribution in [3.05, 3.63) is 70.5 Å². The number of amides is 2. The van der Waals surface area contributed by atoms with Crippen molar-refractivity contribution >= 4 is 23.4 Å². The molecule has 4 nitrogen and oxygen atoms in total. The minimum atomic E-state index is -0.689. The molecule has 0 radical (unpaired) electrons. The van der Waals surface area contributed by atoms with Crippen LogP contribution in [0.15, 0.2) is 48.5 Å². The van der Waals surface area contributed by atoms with Gasteiger partial charge in [-0.2, -0.15) is 0 Å². The second-order valence-corrected chi connectivity index (χ2v) is 5.80. The lowest BCUT2D eigenvalue weighted by Gasteiger charge is -2.08. The molecule has 0 aromatic heterocycles. The summed E-state index contributed by atoms with van der Waals surface area (Å²) in [4.78, 5) is 23.9. The van der Waals surface area contributed by atoms with E-state index in [4.69, 9.17) is 11.6 Å². The highest BCUT2D eigenvalue weighted by Gasteiger charge is 2.44. The van der Waals surface area contributed by atoms with Crippen molar-refractivity contribution in [1.29, 1.82) is 0 Å². The minimum Gasteiger partial charge on any atom is -0.273 e. The summed E-state index contributed by atoms with van der Waals surface area (Å²) in [6.45, 7) is 0. The molecule has 2 amide bonds. The number of hydrazine groups is 1. The van der Waals surface area contributed by atoms with Crippen LogP contribution < -0.4 is 10.9 Å². The van der Waals surface area contributed by atoms with Crippen LogP contribution in [0.25, 0.3) is 0 Å². The van der Waals surface area contributed by atoms with Crippen LogP contribution in [0.1, 0.15) is 28.3 Å². The SMILES string of the molecule is O=C(NNC(=O)C1CC1c1ccccc1Cl)c1ccccc1F. The van der Waals surface area contributed by atoms with Gasteiger partial charge in [0, 0.05) is 10.9 Å². The van der Waals surface area contributed by atoms with E-state index >= 15 is 0 Å². The molecule has 0 spiro atoms. The largest absolute Gasteiger partial charge is 0.273 e. The molecule has 2 aromatic rings. The van der Waals surface area contributed by atoms with E-state index in [2.05, 4.69) is 10.9 Å². The van der Waals surface area contributed by atoms with E-state index in [1.54, 1.807) is 12.1 Å². The van der Waals surface area contributed by atoms with Crippen LogP contribution in [-0.4, -0.2) is 11.8 Å². The van der Waals surface area contributed by atoms with E-state index in [9.17, 15) is 14.0 Å². The van der Waals surface area contributed by atoms with Crippen LogP contribution in [0.5, 0.6) is 0 Å². The molecule has 2 aromatic carbocycles. The molecule has 0 aliphatic heterocycles. The first-order valence-electron chi connectivity index (χ1n) is 7.17. The lowest BCUT2D eigenvalue weighted by Crippen LogP contribution is -2.42. The first kappa shape index (κ1) is 15.5. The summed E-state index contributed by atoms with van der Waals surface area (Å²) in [7, 11) is 0. The zero-order valence-electron chi connectivity index (χ0n) is 12.1. The van der Waals surface area contributed by atoms with Gasteiger partial charge in [0.1, 0.15) is 5.82 Å². The van der Waals surface area contributed by atoms with Gasteiger partial charge in [-0.15, -0.1) is 0 Å². The fourth-order valence-corrected chi connectivity index (χ4v) is 2.80. The average molecular weight is 333 g/mol. The maximum Gasteiger partial charge on any atom is 0.272 e. The normalized spacial score (nSPS) is 19.0. The summed E-state index contributed by atoms with van der Waals surface area (Å²) in [5.41, 5.74) is 5.38. The number of carbonyl (C=O) groups excluding carboxylic acids is 2. The predicted octanol–water partition coefficient (Wildman–Crippen LogP) is 3.04. The summed E-state index contributed by atoms with van der Waals surface area (Å²) in [6, 6.07) is 12.9. The molecule has 2 unspecified atom stereocenters. The quantitative estimate of drug-likeness (QED) is 0.849. The number of rotatable bonds is 3. The van der Waals surface area contributed by atoms with Crippen LogP contribution in [-0.2, 0) is 4.79 Å². The molecule has 2 N–H and O–H groups in total. The third-order valence-corrected chi connectivity index (χ3v) is 4.19. The van der Waals surface area contributed by atoms with Crippen LogP contribution in [0.4, 0.5) is 4.39 Å². The topological polar surface area (TPSA) is 58.2 Å². The molecule has 0 bridgehead atoms. The Bertz CT molecular complexity index is 766. The molecule has 6 heteroatoms. The molecule has 1 aliphatic rings. The Morgan fingerprint density at radius 3 is 2.48 bits per heavy atom. The summed E-state index contributed by atoms with van der Waals surface area (Å²) < 4.78 is 13.5. The number of halogens is 2. The summed E-state index contributed by atoms with van der Waals surface area (Å²) in [5.74, 6) is -1.82. The number of hydrogen-bond acceptors (Lipinski definition) is 2. The molecule has 1 saturated carbocycles. The van der Waals surface area contributed by atoms with Gasteiger partial charge in [-0.05, 0) is 36.1 Å². The van der Waals surface area contributed by atoms with Crippen molar-refractivity contribution in [2.24, 2.45) is 5.92 Å². The van der Waals surface area contributed by atoms with Gasteiger partial charge in [0.15, 0.2) is 0 Å². The zero-order valence-corrected chi connectivity index (χ0v) is 12.8. The summed E-state index contributed by atoms with van der Waals surface area (Å²) in [5, 5.41) is 0.628. The summed E-state index contributed by atoms with van der Waals surface area (Å²) >= 11 is 6.11. The van der Waals surface area contributed by atoms with Crippen molar-refractivity contribution in [1.82, 2.24) is 10.9 Å². The number of nitrogens with one attached hydrogen (secondary N) is 2. The van der Waals surface area contributed by atoms with E-state index in [-0.39, 0.29) is 23.3 Å². The molecule has 0 heterocycles. The Kier molecular flexibility index (Phi) is 4.30. The number of hydrogen-bond donors (Lipinski definition) is 2. The smallest absolute Gasteiger partial charge is 0.272 e. The van der Waals surface area contributed by atoms with Gasteiger partial charge in [0.05, 0.1) is 5.56 Å². The zero-order chi connectivity index (χ0) is 16.4. The van der Waals surface area contributed by atoms with Gasteiger partial charge in [-0.25, -0.2) is 4.39 Å². The van der Waals surface area contributed by atoms with Crippen molar-refractivity contribution in [2.45, 2.75) is 12.3 Å². The van der Waals surface area contributed by atoms with Gasteiger partial charge < -0.3 is 0 Å². The van der Waals surface area contributed by atoms with Gasteiger partial charge in [-0.3, -0.25) is 20.4 Å². The monoisotopic (exact) mass is 332 g/mol. The lowest BCUT2D eigenvalue weighted by atomic mass is 10.1. The van der Waals surface area contributed by atoms with Crippen LogP contribution in [0.2, 0.25) is 5.02 Å². The van der Waals surface area contributed by atoms with Crippen LogP contribution >= 0.6 is 11.6 Å². The third kappa shape index (κ3) is 3.35. The van der Waals surface area contributed by atoms with Crippen molar-refractivity contribution < 1.29 is 14.0 Å². The molecule has 118 valence electrons. The van der Waals surface area contributed by atoms with Crippen LogP contribution in [0, 0.1) is 11.7 Å². The number of carbonyl (C=O) groups is 2. The van der Waals surface area contributed by atoms with E-state index < -0.39 is 11.7 Å². The fraction of sp³-hybridized carbons (Fsp3) is 0.176. The van der Waals surface area contributed by atoms with E-state index in [0.717, 1.165) is 5.56 Å². The molecule has 0 saturated heterocycles. The van der Waals surface area contributed by atoms with Gasteiger partial charge >= 0.3 is 0 Å². The Morgan fingerprint density at radius 2 is 1.74 bits per heavy atom. The first-order chi connectivity index (χ1) is 11.1. The average Bonchev–Trinajstić information content (AvgIpc) is 3.33. The summed E-state index contributed by atoms with van der Waals surface area (Å²) in [6.07, 6.45) is 0.672. The second kappa shape index (κ2) is 6.38. The van der Waals surface area contributed by atoms with E-state index in [0.29, 0.717) is 11.4 Å². The predicted molar refractivity (Wildman–Crippen MR) is 84.3 cm³/mol. The molecule has 3 rings (SSSR count). The fourth-order valence-electron chi connectivity index (χ4n) is 2.53. The molecule has 1 fully saturated rings. The third-order valence-electron chi connectivity index (χ3n) is 3.85. The van der Waals surface area contributed by atoms with Gasteiger partial charge in [0.2, 0.25) is 5.91 Å². The molecule has 23 heavy (non-hydrogen) atoms. The van der Waals surface area contributed by atoms with E-state index in [1.807, 2.05) is 18.2 Å². The Hall–Kier alpha value is -2.40. The van der Waals surface area contributed by atoms with Crippen molar-refractivity contribution in [2.75, 3.05) is 0 Å². The minimum absolute atomic E-state index is 0.0501. The van der Waals surface area contributed by atoms with E-state index in [1.165, 1.54) is 18.2 Å². The first-order valence-corrected chi connectivity index (χ1v) is 7.55. The molecular formula is C17H14ClFN2O2. The molecule has 2 atom stereocenters. The van der Waals surface area contributed by atoms with Gasteiger partial charge in [0.25, 0.3) is 5.91 Å². The Labute approximate surface area is 137 Å². The maximum atomic E-state index is 13.5. The number of benzene rings is 2. The molecular weight excluding hydrogens is 319 g/mol. The lowest BCUT2D eigenvalue weighted by molar-refractivity contribution is -0.123. The van der Waals surface area contributed by atoms with Gasteiger partial charge in [-0.1, -0.05) is 41.9 Å². The maximum absolute atomic E-state index is 13.5. The highest BCUT2D eigenvalue weighted by molar-refractivity contribution is 6.31. The standard InChI is InChI=1S/C17H14ClFN2O2/c18-14-7-3-1-5-10(14)12-9-13(12)17(23)21-20-16(22)11-6-2-4-8-15(11)19/h1-8,12-13H,9H2,(H,20,22)(H,21,23). The van der Waals surface area contributed by atoms with Crippen molar-refractivity contribution in [3.8, 4) is 0 Å². The van der Waals surface area contributed by atoms with Crippen LogP contribution in [0.3, 0.4) is 0 Å².